The van der Waals surface area contributed by atoms with Crippen LogP contribution in [0.25, 0.3) is 17.0 Å². The largest absolute Gasteiger partial charge is 0.383 e. The Morgan fingerprint density at radius 2 is 2.00 bits per heavy atom. The molecule has 0 unspecified atom stereocenters. The predicted molar refractivity (Wildman–Crippen MR) is 83.3 cm³/mol. The molecule has 3 rings (SSSR count). The van der Waals surface area contributed by atoms with Crippen LogP contribution in [0.1, 0.15) is 12.0 Å². The van der Waals surface area contributed by atoms with E-state index in [1.807, 2.05) is 6.21 Å². The fourth-order valence-corrected chi connectivity index (χ4v) is 2.27. The molecule has 0 spiro atoms. The molecule has 2 heterocycles. The van der Waals surface area contributed by atoms with Crippen LogP contribution in [0.4, 0.5) is 0 Å². The Kier molecular flexibility index (Phi) is 4.21. The molecule has 0 N–H and O–H groups in total. The van der Waals surface area contributed by atoms with Crippen molar-refractivity contribution in [2.24, 2.45) is 4.99 Å². The maximum Gasteiger partial charge on any atom is 0.181 e. The number of hydrogen-bond donors (Lipinski definition) is 0. The highest BCUT2D eigenvalue weighted by atomic mass is 16.5. The molecule has 0 amide bonds. The van der Waals surface area contributed by atoms with Gasteiger partial charge in [-0.2, -0.15) is 5.10 Å². The van der Waals surface area contributed by atoms with E-state index in [1.165, 1.54) is 11.1 Å². The summed E-state index contributed by atoms with van der Waals surface area (Å²) >= 11 is 0. The first kappa shape index (κ1) is 13.7. The van der Waals surface area contributed by atoms with E-state index in [0.29, 0.717) is 13.2 Å². The third-order valence-corrected chi connectivity index (χ3v) is 3.46. The molecule has 0 saturated carbocycles. The van der Waals surface area contributed by atoms with Gasteiger partial charge < -0.3 is 4.74 Å². The van der Waals surface area contributed by atoms with Gasteiger partial charge in [-0.1, -0.05) is 30.3 Å². The maximum absolute atomic E-state index is 5.04. The molecule has 0 radical (unpaired) electrons. The van der Waals surface area contributed by atoms with Crippen LogP contribution >= 0.6 is 0 Å². The fourth-order valence-electron chi connectivity index (χ4n) is 2.27. The highest BCUT2D eigenvalue weighted by Crippen LogP contribution is 2.22. The predicted octanol–water partition coefficient (Wildman–Crippen LogP) is 2.45. The summed E-state index contributed by atoms with van der Waals surface area (Å²) in [6.45, 7) is 2.13. The number of hydrogen-bond acceptors (Lipinski definition) is 4. The lowest BCUT2D eigenvalue weighted by molar-refractivity contribution is 0.183. The summed E-state index contributed by atoms with van der Waals surface area (Å²) in [5, 5.41) is 4.45. The summed E-state index contributed by atoms with van der Waals surface area (Å²) in [4.78, 5) is 8.55. The molecule has 1 aromatic carbocycles. The standard InChI is InChI=1S/C16H18N4O/c1-21-11-10-20-12-18-16(19-20)15-4-2-13(3-5-15)14-6-8-17-9-7-14/h2-6,9,12H,7-8,10-11H2,1H3. The first-order valence-corrected chi connectivity index (χ1v) is 7.03. The number of benzene rings is 1. The van der Waals surface area contributed by atoms with Crippen molar-refractivity contribution in [3.63, 3.8) is 0 Å². The second-order valence-electron chi connectivity index (χ2n) is 4.88. The lowest BCUT2D eigenvalue weighted by Gasteiger charge is -2.08. The van der Waals surface area contributed by atoms with Gasteiger partial charge in [0.05, 0.1) is 19.7 Å². The molecule has 1 aromatic heterocycles. The van der Waals surface area contributed by atoms with Crippen LogP contribution in [0.5, 0.6) is 0 Å². The quantitative estimate of drug-likeness (QED) is 0.846. The number of nitrogens with zero attached hydrogens (tertiary/aromatic N) is 4. The zero-order valence-corrected chi connectivity index (χ0v) is 12.1. The van der Waals surface area contributed by atoms with Crippen molar-refractivity contribution < 1.29 is 4.74 Å². The van der Waals surface area contributed by atoms with Crippen molar-refractivity contribution >= 4 is 11.8 Å². The lowest BCUT2D eigenvalue weighted by Crippen LogP contribution is -2.04. The molecular weight excluding hydrogens is 264 g/mol. The van der Waals surface area contributed by atoms with E-state index >= 15 is 0 Å². The fraction of sp³-hybridized carbons (Fsp3) is 0.312. The molecule has 2 aromatic rings. The highest BCUT2D eigenvalue weighted by molar-refractivity contribution is 5.81. The number of rotatable bonds is 5. The van der Waals surface area contributed by atoms with Crippen molar-refractivity contribution in [1.29, 1.82) is 0 Å². The van der Waals surface area contributed by atoms with Gasteiger partial charge >= 0.3 is 0 Å². The van der Waals surface area contributed by atoms with Crippen molar-refractivity contribution in [3.05, 3.63) is 42.2 Å². The normalized spacial score (nSPS) is 14.2. The average molecular weight is 282 g/mol. The Labute approximate surface area is 124 Å². The molecule has 21 heavy (non-hydrogen) atoms. The molecule has 0 aliphatic carbocycles. The van der Waals surface area contributed by atoms with Gasteiger partial charge in [-0.05, 0) is 11.1 Å². The van der Waals surface area contributed by atoms with Crippen LogP contribution in [-0.4, -0.2) is 41.2 Å². The van der Waals surface area contributed by atoms with Crippen LogP contribution < -0.4 is 0 Å². The van der Waals surface area contributed by atoms with Gasteiger partial charge in [0, 0.05) is 25.3 Å². The second-order valence-corrected chi connectivity index (χ2v) is 4.88. The van der Waals surface area contributed by atoms with Crippen molar-refractivity contribution in [3.8, 4) is 11.4 Å². The Balaban J connectivity index is 1.74. The maximum atomic E-state index is 5.04. The van der Waals surface area contributed by atoms with Crippen LogP contribution in [0.2, 0.25) is 0 Å². The SMILES string of the molecule is COCCn1cnc(-c2ccc(C3=CCN=CC3)cc2)n1. The minimum Gasteiger partial charge on any atom is -0.383 e. The zero-order valence-electron chi connectivity index (χ0n) is 12.1. The Morgan fingerprint density at radius 3 is 2.71 bits per heavy atom. The lowest BCUT2D eigenvalue weighted by atomic mass is 10.00. The molecule has 5 nitrogen and oxygen atoms in total. The van der Waals surface area contributed by atoms with E-state index in [2.05, 4.69) is 45.4 Å². The van der Waals surface area contributed by atoms with Gasteiger partial charge in [0.2, 0.25) is 0 Å². The van der Waals surface area contributed by atoms with Gasteiger partial charge in [0.15, 0.2) is 5.82 Å². The highest BCUT2D eigenvalue weighted by Gasteiger charge is 2.07. The summed E-state index contributed by atoms with van der Waals surface area (Å²) in [6, 6.07) is 8.38. The van der Waals surface area contributed by atoms with E-state index < -0.39 is 0 Å². The van der Waals surface area contributed by atoms with Crippen LogP contribution in [-0.2, 0) is 11.3 Å². The minimum atomic E-state index is 0.636. The molecule has 0 atom stereocenters. The van der Waals surface area contributed by atoms with Gasteiger partial charge in [-0.3, -0.25) is 9.67 Å². The van der Waals surface area contributed by atoms with Gasteiger partial charge in [-0.15, -0.1) is 0 Å². The molecule has 0 saturated heterocycles. The van der Waals surface area contributed by atoms with Crippen molar-refractivity contribution in [2.75, 3.05) is 20.3 Å². The molecule has 5 heteroatoms. The molecule has 108 valence electrons. The Bertz CT molecular complexity index is 655. The summed E-state index contributed by atoms with van der Waals surface area (Å²) in [6.07, 6.45) is 6.79. The zero-order chi connectivity index (χ0) is 14.5. The van der Waals surface area contributed by atoms with E-state index in [9.17, 15) is 0 Å². The van der Waals surface area contributed by atoms with E-state index in [1.54, 1.807) is 18.1 Å². The number of dihydropyridines is 1. The molecule has 1 aliphatic heterocycles. The molecule has 0 fully saturated rings. The topological polar surface area (TPSA) is 52.3 Å². The van der Waals surface area contributed by atoms with E-state index in [0.717, 1.165) is 24.4 Å². The first-order valence-electron chi connectivity index (χ1n) is 7.03. The summed E-state index contributed by atoms with van der Waals surface area (Å²) in [7, 11) is 1.68. The smallest absolute Gasteiger partial charge is 0.181 e. The van der Waals surface area contributed by atoms with Crippen molar-refractivity contribution in [1.82, 2.24) is 14.8 Å². The Hall–Kier alpha value is -2.27. The molecule has 0 bridgehead atoms. The number of aromatic nitrogens is 3. The van der Waals surface area contributed by atoms with Crippen LogP contribution in [0.15, 0.2) is 41.7 Å². The first-order chi connectivity index (χ1) is 10.4. The van der Waals surface area contributed by atoms with Crippen LogP contribution in [0, 0.1) is 0 Å². The van der Waals surface area contributed by atoms with Gasteiger partial charge in [0.25, 0.3) is 0 Å². The molecule has 1 aliphatic rings. The average Bonchev–Trinajstić information content (AvgIpc) is 3.03. The van der Waals surface area contributed by atoms with E-state index in [-0.39, 0.29) is 0 Å². The van der Waals surface area contributed by atoms with E-state index in [4.69, 9.17) is 4.74 Å². The number of allylic oxidation sites excluding steroid dienone is 1. The third kappa shape index (κ3) is 3.25. The monoisotopic (exact) mass is 282 g/mol. The van der Waals surface area contributed by atoms with Gasteiger partial charge in [0.1, 0.15) is 6.33 Å². The third-order valence-electron chi connectivity index (χ3n) is 3.46. The van der Waals surface area contributed by atoms with Crippen LogP contribution in [0.3, 0.4) is 0 Å². The second kappa shape index (κ2) is 6.45. The summed E-state index contributed by atoms with van der Waals surface area (Å²) in [5.41, 5.74) is 3.60. The summed E-state index contributed by atoms with van der Waals surface area (Å²) < 4.78 is 6.84. The summed E-state index contributed by atoms with van der Waals surface area (Å²) in [5.74, 6) is 0.747. The molecular formula is C16H18N4O. The number of aliphatic imine (C=N–C) groups is 1. The number of methoxy groups -OCH3 is 1. The Morgan fingerprint density at radius 1 is 1.19 bits per heavy atom. The van der Waals surface area contributed by atoms with Crippen molar-refractivity contribution in [2.45, 2.75) is 13.0 Å². The number of ether oxygens (including phenoxy) is 1. The minimum absolute atomic E-state index is 0.636. The van der Waals surface area contributed by atoms with Gasteiger partial charge in [-0.25, -0.2) is 4.98 Å².